The van der Waals surface area contributed by atoms with Gasteiger partial charge in [-0.25, -0.2) is 4.79 Å². The van der Waals surface area contributed by atoms with Gasteiger partial charge in [0.05, 0.1) is 16.2 Å². The molecule has 2 unspecified atom stereocenters. The lowest BCUT2D eigenvalue weighted by Gasteiger charge is -2.26. The molecule has 0 aliphatic carbocycles. The van der Waals surface area contributed by atoms with E-state index in [2.05, 4.69) is 0 Å². The summed E-state index contributed by atoms with van der Waals surface area (Å²) < 4.78 is 0. The lowest BCUT2D eigenvalue weighted by molar-refractivity contribution is -0.384. The van der Waals surface area contributed by atoms with Gasteiger partial charge in [-0.05, 0) is 18.4 Å². The number of benzene rings is 1. The number of rotatable bonds is 4. The third kappa shape index (κ3) is 2.64. The molecule has 112 valence electrons. The van der Waals surface area contributed by atoms with Crippen LogP contribution in [0.4, 0.5) is 11.4 Å². The quantitative estimate of drug-likeness (QED) is 0.629. The fourth-order valence-electron chi connectivity index (χ4n) is 2.68. The van der Waals surface area contributed by atoms with E-state index in [0.717, 1.165) is 6.07 Å². The molecular formula is C13H15N3O5. The SMILES string of the molecule is CC1CCN(c2ccc([N+](=O)[O-])cc2C(N)=O)C1C(=O)O. The first-order valence-corrected chi connectivity index (χ1v) is 6.40. The van der Waals surface area contributed by atoms with Crippen LogP contribution in [-0.4, -0.2) is 34.5 Å². The molecule has 2 atom stereocenters. The summed E-state index contributed by atoms with van der Waals surface area (Å²) in [6, 6.07) is 2.93. The molecule has 1 heterocycles. The van der Waals surface area contributed by atoms with E-state index in [-0.39, 0.29) is 17.2 Å². The van der Waals surface area contributed by atoms with Crippen molar-refractivity contribution in [3.63, 3.8) is 0 Å². The average molecular weight is 293 g/mol. The Bertz CT molecular complexity index is 616. The molecule has 8 heteroatoms. The fourth-order valence-corrected chi connectivity index (χ4v) is 2.68. The molecule has 1 aromatic rings. The van der Waals surface area contributed by atoms with Crippen LogP contribution in [-0.2, 0) is 4.79 Å². The van der Waals surface area contributed by atoms with Crippen LogP contribution in [0, 0.1) is 16.0 Å². The number of primary amides is 1. The molecule has 2 rings (SSSR count). The Labute approximate surface area is 120 Å². The largest absolute Gasteiger partial charge is 0.480 e. The van der Waals surface area contributed by atoms with Gasteiger partial charge in [0.2, 0.25) is 0 Å². The molecule has 0 aromatic heterocycles. The summed E-state index contributed by atoms with van der Waals surface area (Å²) in [5, 5.41) is 20.1. The van der Waals surface area contributed by atoms with Crippen LogP contribution in [0.3, 0.4) is 0 Å². The van der Waals surface area contributed by atoms with Crippen LogP contribution in [0.1, 0.15) is 23.7 Å². The number of carboxylic acid groups (broad SMARTS) is 1. The van der Waals surface area contributed by atoms with E-state index in [0.29, 0.717) is 18.7 Å². The number of carboxylic acids is 1. The van der Waals surface area contributed by atoms with Gasteiger partial charge in [-0.15, -0.1) is 0 Å². The zero-order valence-electron chi connectivity index (χ0n) is 11.4. The molecule has 8 nitrogen and oxygen atoms in total. The second-order valence-electron chi connectivity index (χ2n) is 5.07. The Balaban J connectivity index is 2.50. The van der Waals surface area contributed by atoms with Gasteiger partial charge < -0.3 is 15.7 Å². The monoisotopic (exact) mass is 293 g/mol. The van der Waals surface area contributed by atoms with Crippen LogP contribution in [0.15, 0.2) is 18.2 Å². The number of carbonyl (C=O) groups excluding carboxylic acids is 1. The van der Waals surface area contributed by atoms with Crippen LogP contribution in [0.5, 0.6) is 0 Å². The van der Waals surface area contributed by atoms with Gasteiger partial charge in [0.25, 0.3) is 11.6 Å². The van der Waals surface area contributed by atoms with Crippen LogP contribution in [0.2, 0.25) is 0 Å². The topological polar surface area (TPSA) is 127 Å². The van der Waals surface area contributed by atoms with Gasteiger partial charge in [0, 0.05) is 18.7 Å². The number of anilines is 1. The van der Waals surface area contributed by atoms with Crippen molar-refractivity contribution in [2.45, 2.75) is 19.4 Å². The molecule has 1 fully saturated rings. The summed E-state index contributed by atoms with van der Waals surface area (Å²) >= 11 is 0. The highest BCUT2D eigenvalue weighted by Crippen LogP contribution is 2.33. The highest BCUT2D eigenvalue weighted by atomic mass is 16.6. The number of nitrogens with zero attached hydrogens (tertiary/aromatic N) is 2. The van der Waals surface area contributed by atoms with Crippen molar-refractivity contribution in [3.05, 3.63) is 33.9 Å². The average Bonchev–Trinajstić information content (AvgIpc) is 2.79. The minimum Gasteiger partial charge on any atom is -0.480 e. The van der Waals surface area contributed by atoms with E-state index in [4.69, 9.17) is 5.73 Å². The Kier molecular flexibility index (Phi) is 3.79. The maximum absolute atomic E-state index is 11.5. The molecular weight excluding hydrogens is 278 g/mol. The molecule has 1 aromatic carbocycles. The second-order valence-corrected chi connectivity index (χ2v) is 5.07. The molecule has 1 aliphatic rings. The smallest absolute Gasteiger partial charge is 0.326 e. The van der Waals surface area contributed by atoms with Crippen LogP contribution >= 0.6 is 0 Å². The van der Waals surface area contributed by atoms with Crippen molar-refractivity contribution in [2.75, 3.05) is 11.4 Å². The van der Waals surface area contributed by atoms with Crippen molar-refractivity contribution in [2.24, 2.45) is 11.7 Å². The molecule has 1 saturated heterocycles. The Morgan fingerprint density at radius 3 is 2.67 bits per heavy atom. The summed E-state index contributed by atoms with van der Waals surface area (Å²) in [4.78, 5) is 34.6. The zero-order valence-corrected chi connectivity index (χ0v) is 11.4. The molecule has 21 heavy (non-hydrogen) atoms. The van der Waals surface area contributed by atoms with Crippen molar-refractivity contribution in [1.29, 1.82) is 0 Å². The third-order valence-corrected chi connectivity index (χ3v) is 3.72. The first kappa shape index (κ1) is 14.8. The molecule has 3 N–H and O–H groups in total. The number of carbonyl (C=O) groups is 2. The van der Waals surface area contributed by atoms with E-state index in [1.807, 2.05) is 6.92 Å². The molecule has 0 bridgehead atoms. The van der Waals surface area contributed by atoms with Gasteiger partial charge in [-0.1, -0.05) is 6.92 Å². The number of non-ortho nitro benzene ring substituents is 1. The number of aliphatic carboxylic acids is 1. The number of nitro groups is 1. The van der Waals surface area contributed by atoms with E-state index in [9.17, 15) is 24.8 Å². The van der Waals surface area contributed by atoms with Crippen molar-refractivity contribution in [1.82, 2.24) is 0 Å². The van der Waals surface area contributed by atoms with Crippen LogP contribution in [0.25, 0.3) is 0 Å². The maximum Gasteiger partial charge on any atom is 0.326 e. The van der Waals surface area contributed by atoms with Crippen molar-refractivity contribution >= 4 is 23.3 Å². The molecule has 1 aliphatic heterocycles. The normalized spacial score (nSPS) is 21.3. The molecule has 0 spiro atoms. The summed E-state index contributed by atoms with van der Waals surface area (Å²) in [7, 11) is 0. The highest BCUT2D eigenvalue weighted by Gasteiger charge is 2.38. The zero-order chi connectivity index (χ0) is 15.7. The van der Waals surface area contributed by atoms with E-state index in [1.54, 1.807) is 4.90 Å². The number of hydrogen-bond acceptors (Lipinski definition) is 5. The first-order valence-electron chi connectivity index (χ1n) is 6.40. The van der Waals surface area contributed by atoms with Crippen molar-refractivity contribution < 1.29 is 19.6 Å². The van der Waals surface area contributed by atoms with Gasteiger partial charge in [-0.3, -0.25) is 14.9 Å². The minimum atomic E-state index is -0.992. The summed E-state index contributed by atoms with van der Waals surface area (Å²) in [5.41, 5.74) is 5.30. The van der Waals surface area contributed by atoms with Gasteiger partial charge in [0.15, 0.2) is 0 Å². The minimum absolute atomic E-state index is 0.0375. The summed E-state index contributed by atoms with van der Waals surface area (Å²) in [6.07, 6.45) is 0.659. The predicted molar refractivity (Wildman–Crippen MR) is 74.2 cm³/mol. The maximum atomic E-state index is 11.5. The van der Waals surface area contributed by atoms with E-state index >= 15 is 0 Å². The summed E-state index contributed by atoms with van der Waals surface area (Å²) in [5.74, 6) is -1.90. The Morgan fingerprint density at radius 1 is 1.48 bits per heavy atom. The van der Waals surface area contributed by atoms with E-state index in [1.165, 1.54) is 12.1 Å². The molecule has 0 radical (unpaired) electrons. The lowest BCUT2D eigenvalue weighted by Crippen LogP contribution is -2.40. The lowest BCUT2D eigenvalue weighted by atomic mass is 10.0. The predicted octanol–water partition coefficient (Wildman–Crippen LogP) is 0.993. The van der Waals surface area contributed by atoms with Crippen LogP contribution < -0.4 is 10.6 Å². The Morgan fingerprint density at radius 2 is 2.14 bits per heavy atom. The number of nitro benzene ring substituents is 1. The second kappa shape index (κ2) is 5.39. The standard InChI is InChI=1S/C13H15N3O5/c1-7-4-5-15(11(7)13(18)19)10-3-2-8(16(20)21)6-9(10)12(14)17/h2-3,6-7,11H,4-5H2,1H3,(H2,14,17)(H,18,19). The fraction of sp³-hybridized carbons (Fsp3) is 0.385. The summed E-state index contributed by atoms with van der Waals surface area (Å²) in [6.45, 7) is 2.27. The molecule has 1 amide bonds. The number of hydrogen-bond donors (Lipinski definition) is 2. The third-order valence-electron chi connectivity index (χ3n) is 3.72. The highest BCUT2D eigenvalue weighted by molar-refractivity contribution is 6.00. The van der Waals surface area contributed by atoms with Gasteiger partial charge in [0.1, 0.15) is 6.04 Å². The van der Waals surface area contributed by atoms with E-state index < -0.39 is 22.8 Å². The first-order chi connectivity index (χ1) is 9.82. The van der Waals surface area contributed by atoms with Crippen molar-refractivity contribution in [3.8, 4) is 0 Å². The Hall–Kier alpha value is -2.64. The van der Waals surface area contributed by atoms with Gasteiger partial charge >= 0.3 is 5.97 Å². The number of nitrogens with two attached hydrogens (primary N) is 1. The van der Waals surface area contributed by atoms with Gasteiger partial charge in [-0.2, -0.15) is 0 Å². The number of amides is 1. The molecule has 0 saturated carbocycles.